The third kappa shape index (κ3) is 1.62. The van der Waals surface area contributed by atoms with Crippen molar-refractivity contribution in [3.63, 3.8) is 0 Å². The quantitative estimate of drug-likeness (QED) is 0.262. The van der Waals surface area contributed by atoms with Crippen molar-refractivity contribution in [1.29, 1.82) is 0 Å². The molecule has 1 aliphatic carbocycles. The van der Waals surface area contributed by atoms with Gasteiger partial charge in [0.1, 0.15) is 0 Å². The van der Waals surface area contributed by atoms with Crippen LogP contribution in [0.5, 0.6) is 0 Å². The van der Waals surface area contributed by atoms with Crippen LogP contribution in [0.2, 0.25) is 0 Å². The zero-order chi connectivity index (χ0) is 16.5. The minimum Gasteiger partial charge on any atom is -0.0616 e. The van der Waals surface area contributed by atoms with Gasteiger partial charge in [0.25, 0.3) is 0 Å². The van der Waals surface area contributed by atoms with E-state index >= 15 is 0 Å². The molecule has 0 aromatic heterocycles. The van der Waals surface area contributed by atoms with Crippen LogP contribution in [0.3, 0.4) is 0 Å². The molecule has 0 N–H and O–H groups in total. The van der Waals surface area contributed by atoms with Crippen molar-refractivity contribution < 1.29 is 0 Å². The Kier molecular flexibility index (Phi) is 2.37. The van der Waals surface area contributed by atoms with E-state index in [-0.39, 0.29) is 0 Å². The molecule has 0 fully saturated rings. The van der Waals surface area contributed by atoms with E-state index in [0.29, 0.717) is 0 Å². The van der Waals surface area contributed by atoms with E-state index in [0.717, 1.165) is 0 Å². The van der Waals surface area contributed by atoms with Crippen molar-refractivity contribution >= 4 is 32.3 Å². The Morgan fingerprint density at radius 3 is 1.92 bits per heavy atom. The van der Waals surface area contributed by atoms with Crippen LogP contribution in [0.1, 0.15) is 5.56 Å². The van der Waals surface area contributed by atoms with Crippen LogP contribution in [-0.4, -0.2) is 0 Å². The summed E-state index contributed by atoms with van der Waals surface area (Å²) in [5, 5.41) is 8.12. The molecule has 5 aromatic rings. The van der Waals surface area contributed by atoms with E-state index in [1.807, 2.05) is 0 Å². The van der Waals surface area contributed by atoms with Crippen molar-refractivity contribution in [2.45, 2.75) is 6.92 Å². The number of aryl methyl sites for hydroxylation is 1. The maximum atomic E-state index is 2.40. The minimum absolute atomic E-state index is 1.33. The van der Waals surface area contributed by atoms with Gasteiger partial charge in [-0.25, -0.2) is 0 Å². The average Bonchev–Trinajstić information content (AvgIpc) is 2.96. The topological polar surface area (TPSA) is 0 Å². The summed E-state index contributed by atoms with van der Waals surface area (Å²) in [4.78, 5) is 0. The van der Waals surface area contributed by atoms with Gasteiger partial charge in [-0.2, -0.15) is 0 Å². The van der Waals surface area contributed by atoms with Crippen LogP contribution in [-0.2, 0) is 0 Å². The highest BCUT2D eigenvalue weighted by Crippen LogP contribution is 2.49. The van der Waals surface area contributed by atoms with Crippen LogP contribution < -0.4 is 0 Å². The number of hydrogen-bond donors (Lipinski definition) is 0. The maximum absolute atomic E-state index is 2.40. The van der Waals surface area contributed by atoms with E-state index in [1.165, 1.54) is 60.1 Å². The predicted octanol–water partition coefficient (Wildman–Crippen LogP) is 7.10. The second-order valence-electron chi connectivity index (χ2n) is 7.07. The van der Waals surface area contributed by atoms with Gasteiger partial charge in [-0.05, 0) is 79.2 Å². The number of fused-ring (bicyclic) bond motifs is 6. The largest absolute Gasteiger partial charge is 0.0616 e. The summed E-state index contributed by atoms with van der Waals surface area (Å²) >= 11 is 0. The molecule has 0 bridgehead atoms. The molecule has 0 unspecified atom stereocenters. The zero-order valence-electron chi connectivity index (χ0n) is 14.0. The lowest BCUT2D eigenvalue weighted by Crippen LogP contribution is -1.85. The fraction of sp³-hybridized carbons (Fsp3) is 0.0400. The first-order valence-corrected chi connectivity index (χ1v) is 8.80. The fourth-order valence-electron chi connectivity index (χ4n) is 4.58. The molecule has 0 radical (unpaired) electrons. The van der Waals surface area contributed by atoms with Gasteiger partial charge in [-0.15, -0.1) is 0 Å². The van der Waals surface area contributed by atoms with Gasteiger partial charge in [-0.3, -0.25) is 0 Å². The first-order valence-electron chi connectivity index (χ1n) is 8.80. The molecule has 5 aromatic carbocycles. The van der Waals surface area contributed by atoms with E-state index in [4.69, 9.17) is 0 Å². The smallest absolute Gasteiger partial charge is 0.00264 e. The lowest BCUT2D eigenvalue weighted by molar-refractivity contribution is 1.56. The molecule has 0 aliphatic heterocycles. The van der Waals surface area contributed by atoms with Crippen molar-refractivity contribution in [2.24, 2.45) is 0 Å². The second kappa shape index (κ2) is 4.49. The Labute approximate surface area is 146 Å². The summed E-state index contributed by atoms with van der Waals surface area (Å²) in [5.74, 6) is 0. The Bertz CT molecular complexity index is 1330. The van der Waals surface area contributed by atoms with E-state index in [1.54, 1.807) is 0 Å². The Morgan fingerprint density at radius 2 is 1.16 bits per heavy atom. The minimum atomic E-state index is 1.33. The highest BCUT2D eigenvalue weighted by atomic mass is 14.2. The molecule has 0 heterocycles. The van der Waals surface area contributed by atoms with Gasteiger partial charge in [0.2, 0.25) is 0 Å². The molecule has 0 atom stereocenters. The summed E-state index contributed by atoms with van der Waals surface area (Å²) in [5.41, 5.74) is 6.82. The molecule has 1 aliphatic rings. The van der Waals surface area contributed by atoms with Gasteiger partial charge in [-0.1, -0.05) is 66.7 Å². The highest BCUT2D eigenvalue weighted by molar-refractivity contribution is 6.20. The van der Waals surface area contributed by atoms with E-state index < -0.39 is 0 Å². The fourth-order valence-corrected chi connectivity index (χ4v) is 4.58. The summed E-state index contributed by atoms with van der Waals surface area (Å²) in [6.45, 7) is 2.21. The van der Waals surface area contributed by atoms with Crippen molar-refractivity contribution in [2.75, 3.05) is 0 Å². The molecule has 0 spiro atoms. The first kappa shape index (κ1) is 13.2. The van der Waals surface area contributed by atoms with Crippen LogP contribution >= 0.6 is 0 Å². The van der Waals surface area contributed by atoms with E-state index in [2.05, 4.69) is 85.8 Å². The number of hydrogen-bond acceptors (Lipinski definition) is 0. The SMILES string of the molecule is Cc1cc2cc3c(cc2c2ccccc12)-c1cccc2cccc-3c12. The first-order chi connectivity index (χ1) is 12.3. The van der Waals surface area contributed by atoms with Gasteiger partial charge in [0, 0.05) is 0 Å². The Hall–Kier alpha value is -3.12. The maximum Gasteiger partial charge on any atom is -0.00264 e. The van der Waals surface area contributed by atoms with Gasteiger partial charge in [0.05, 0.1) is 0 Å². The zero-order valence-corrected chi connectivity index (χ0v) is 14.0. The highest BCUT2D eigenvalue weighted by Gasteiger charge is 2.21. The second-order valence-corrected chi connectivity index (χ2v) is 7.07. The van der Waals surface area contributed by atoms with E-state index in [9.17, 15) is 0 Å². The molecule has 0 saturated heterocycles. The van der Waals surface area contributed by atoms with Crippen molar-refractivity contribution in [1.82, 2.24) is 0 Å². The molecular formula is C25H16. The lowest BCUT2D eigenvalue weighted by atomic mass is 9.93. The standard InChI is InChI=1S/C25H16/c1-15-12-17-13-23-20-10-4-6-16-7-5-11-21(25(16)20)24(23)14-22(17)19-9-3-2-8-18(15)19/h2-14H,1H3. The molecule has 6 rings (SSSR count). The third-order valence-corrected chi connectivity index (χ3v) is 5.69. The summed E-state index contributed by atoms with van der Waals surface area (Å²) < 4.78 is 0. The molecular weight excluding hydrogens is 300 g/mol. The Balaban J connectivity index is 1.83. The normalized spacial score (nSPS) is 12.2. The molecule has 0 nitrogen and oxygen atoms in total. The van der Waals surface area contributed by atoms with Crippen LogP contribution in [0, 0.1) is 6.92 Å². The van der Waals surface area contributed by atoms with Crippen molar-refractivity contribution in [3.8, 4) is 22.3 Å². The Morgan fingerprint density at radius 1 is 0.480 bits per heavy atom. The molecule has 116 valence electrons. The van der Waals surface area contributed by atoms with Crippen LogP contribution in [0.25, 0.3) is 54.6 Å². The monoisotopic (exact) mass is 316 g/mol. The summed E-state index contributed by atoms with van der Waals surface area (Å²) in [6.07, 6.45) is 0. The molecule has 0 amide bonds. The van der Waals surface area contributed by atoms with Gasteiger partial charge in [0.15, 0.2) is 0 Å². The van der Waals surface area contributed by atoms with Crippen LogP contribution in [0.4, 0.5) is 0 Å². The van der Waals surface area contributed by atoms with Crippen molar-refractivity contribution in [3.05, 3.63) is 84.4 Å². The predicted molar refractivity (Wildman–Crippen MR) is 108 cm³/mol. The van der Waals surface area contributed by atoms with Crippen LogP contribution in [0.15, 0.2) is 78.9 Å². The summed E-state index contributed by atoms with van der Waals surface area (Å²) in [7, 11) is 0. The number of benzene rings is 5. The molecule has 25 heavy (non-hydrogen) atoms. The lowest BCUT2D eigenvalue weighted by Gasteiger charge is -2.11. The third-order valence-electron chi connectivity index (χ3n) is 5.69. The van der Waals surface area contributed by atoms with Gasteiger partial charge >= 0.3 is 0 Å². The molecule has 0 saturated carbocycles. The van der Waals surface area contributed by atoms with Gasteiger partial charge < -0.3 is 0 Å². The number of rotatable bonds is 0. The average molecular weight is 316 g/mol. The summed E-state index contributed by atoms with van der Waals surface area (Å²) in [6, 6.07) is 29.2. The molecule has 0 heteroatoms.